The number of halogens is 1. The van der Waals surface area contributed by atoms with Crippen molar-refractivity contribution in [2.75, 3.05) is 0 Å². The molecule has 1 aromatic carbocycles. The van der Waals surface area contributed by atoms with Crippen molar-refractivity contribution in [3.8, 4) is 0 Å². The minimum atomic E-state index is -4.10. The summed E-state index contributed by atoms with van der Waals surface area (Å²) in [6, 6.07) is 6.13. The van der Waals surface area contributed by atoms with E-state index in [4.69, 9.17) is 11.6 Å². The fourth-order valence-electron chi connectivity index (χ4n) is 2.10. The molecule has 0 bridgehead atoms. The number of sulfonamides is 1. The summed E-state index contributed by atoms with van der Waals surface area (Å²) in [6.45, 7) is 1.63. The Kier molecular flexibility index (Phi) is 4.79. The molecule has 9 heteroatoms. The summed E-state index contributed by atoms with van der Waals surface area (Å²) >= 11 is 5.89. The number of rotatable bonds is 4. The summed E-state index contributed by atoms with van der Waals surface area (Å²) in [5.74, 6) is 0. The van der Waals surface area contributed by atoms with Gasteiger partial charge in [0.25, 0.3) is 5.56 Å². The summed E-state index contributed by atoms with van der Waals surface area (Å²) in [7, 11) is -1.50. The molecule has 1 heterocycles. The van der Waals surface area contributed by atoms with Gasteiger partial charge in [0.2, 0.25) is 10.0 Å². The van der Waals surface area contributed by atoms with Gasteiger partial charge in [-0.15, -0.1) is 0 Å². The molecule has 0 radical (unpaired) electrons. The lowest BCUT2D eigenvalue weighted by Crippen LogP contribution is -2.41. The third-order valence-corrected chi connectivity index (χ3v) is 5.14. The minimum absolute atomic E-state index is 0.478. The predicted molar refractivity (Wildman–Crippen MR) is 87.1 cm³/mol. The molecule has 0 unspecified atom stereocenters. The van der Waals surface area contributed by atoms with Crippen molar-refractivity contribution in [3.05, 3.63) is 61.9 Å². The Labute approximate surface area is 138 Å². The number of hydrogen-bond donors (Lipinski definition) is 1. The van der Waals surface area contributed by atoms with Gasteiger partial charge < -0.3 is 4.57 Å². The lowest BCUT2D eigenvalue weighted by Gasteiger charge is -2.15. The number of nitrogens with one attached hydrogen (secondary N) is 1. The van der Waals surface area contributed by atoms with Crippen LogP contribution in [0.3, 0.4) is 0 Å². The number of benzene rings is 1. The SMILES string of the molecule is C[C@@H](NS(=O)(=O)c1cn(C)c(=O)n(C)c1=O)c1cccc(Cl)c1. The Bertz CT molecular complexity index is 963. The molecule has 0 saturated carbocycles. The average molecular weight is 358 g/mol. The van der Waals surface area contributed by atoms with Crippen LogP contribution in [0, 0.1) is 0 Å². The fraction of sp³-hybridized carbons (Fsp3) is 0.286. The zero-order chi connectivity index (χ0) is 17.4. The van der Waals surface area contributed by atoms with Crippen LogP contribution in [0.5, 0.6) is 0 Å². The van der Waals surface area contributed by atoms with E-state index in [1.165, 1.54) is 14.1 Å². The first-order chi connectivity index (χ1) is 10.6. The number of nitrogens with zero attached hydrogens (tertiary/aromatic N) is 2. The Morgan fingerprint density at radius 2 is 1.87 bits per heavy atom. The van der Waals surface area contributed by atoms with E-state index in [2.05, 4.69) is 4.72 Å². The van der Waals surface area contributed by atoms with Gasteiger partial charge in [0.05, 0.1) is 0 Å². The molecule has 1 atom stereocenters. The lowest BCUT2D eigenvalue weighted by atomic mass is 10.1. The van der Waals surface area contributed by atoms with Crippen molar-refractivity contribution in [3.63, 3.8) is 0 Å². The highest BCUT2D eigenvalue weighted by atomic mass is 35.5. The van der Waals surface area contributed by atoms with Gasteiger partial charge >= 0.3 is 5.69 Å². The molecule has 124 valence electrons. The monoisotopic (exact) mass is 357 g/mol. The van der Waals surface area contributed by atoms with E-state index in [1.54, 1.807) is 31.2 Å². The first-order valence-corrected chi connectivity index (χ1v) is 8.54. The second-order valence-electron chi connectivity index (χ2n) is 5.15. The zero-order valence-corrected chi connectivity index (χ0v) is 14.4. The van der Waals surface area contributed by atoms with E-state index >= 15 is 0 Å². The highest BCUT2D eigenvalue weighted by Crippen LogP contribution is 2.19. The van der Waals surface area contributed by atoms with Gasteiger partial charge in [-0.25, -0.2) is 17.9 Å². The highest BCUT2D eigenvalue weighted by molar-refractivity contribution is 7.89. The van der Waals surface area contributed by atoms with Crippen LogP contribution in [0.25, 0.3) is 0 Å². The number of hydrogen-bond acceptors (Lipinski definition) is 4. The quantitative estimate of drug-likeness (QED) is 0.875. The van der Waals surface area contributed by atoms with Crippen LogP contribution in [0.2, 0.25) is 5.02 Å². The van der Waals surface area contributed by atoms with Gasteiger partial charge in [-0.05, 0) is 24.6 Å². The first-order valence-electron chi connectivity index (χ1n) is 6.68. The van der Waals surface area contributed by atoms with E-state index in [0.29, 0.717) is 10.6 Å². The predicted octanol–water partition coefficient (Wildman–Crippen LogP) is 0.777. The van der Waals surface area contributed by atoms with Crippen molar-refractivity contribution in [1.29, 1.82) is 0 Å². The van der Waals surface area contributed by atoms with Crippen molar-refractivity contribution >= 4 is 21.6 Å². The van der Waals surface area contributed by atoms with Crippen LogP contribution in [0.15, 0.2) is 44.9 Å². The molecule has 0 aliphatic carbocycles. The summed E-state index contributed by atoms with van der Waals surface area (Å²) in [4.78, 5) is 23.2. The molecule has 23 heavy (non-hydrogen) atoms. The topological polar surface area (TPSA) is 90.2 Å². The molecule has 0 spiro atoms. The molecule has 0 saturated heterocycles. The number of aromatic nitrogens is 2. The van der Waals surface area contributed by atoms with Crippen LogP contribution in [0.4, 0.5) is 0 Å². The third-order valence-electron chi connectivity index (χ3n) is 3.39. The van der Waals surface area contributed by atoms with Crippen LogP contribution in [-0.2, 0) is 24.1 Å². The maximum Gasteiger partial charge on any atom is 0.330 e. The standard InChI is InChI=1S/C14H16ClN3O4S/c1-9(10-5-4-6-11(15)7-10)16-23(21,22)12-8-17(2)14(20)18(3)13(12)19/h4-9,16H,1-3H3/t9-/m1/s1. The second kappa shape index (κ2) is 6.31. The van der Waals surface area contributed by atoms with Crippen LogP contribution in [0.1, 0.15) is 18.5 Å². The van der Waals surface area contributed by atoms with Crippen LogP contribution in [-0.4, -0.2) is 17.6 Å². The van der Waals surface area contributed by atoms with E-state index in [9.17, 15) is 18.0 Å². The molecule has 7 nitrogen and oxygen atoms in total. The molecule has 1 N–H and O–H groups in total. The Morgan fingerprint density at radius 3 is 2.48 bits per heavy atom. The van der Waals surface area contributed by atoms with Gasteiger partial charge in [-0.3, -0.25) is 9.36 Å². The Morgan fingerprint density at radius 1 is 1.22 bits per heavy atom. The molecule has 2 rings (SSSR count). The van der Waals surface area contributed by atoms with E-state index in [0.717, 1.165) is 15.3 Å². The zero-order valence-electron chi connectivity index (χ0n) is 12.8. The Hall–Kier alpha value is -1.90. The van der Waals surface area contributed by atoms with Crippen molar-refractivity contribution in [2.45, 2.75) is 17.9 Å². The molecule has 0 aliphatic rings. The van der Waals surface area contributed by atoms with Crippen LogP contribution < -0.4 is 16.0 Å². The summed E-state index contributed by atoms with van der Waals surface area (Å²) < 4.78 is 29.1. The molecule has 1 aromatic heterocycles. The maximum absolute atomic E-state index is 12.5. The van der Waals surface area contributed by atoms with Gasteiger partial charge in [-0.1, -0.05) is 23.7 Å². The molecule has 2 aromatic rings. The summed E-state index contributed by atoms with van der Waals surface area (Å²) in [5, 5.41) is 0.478. The van der Waals surface area contributed by atoms with Crippen molar-refractivity contribution in [2.24, 2.45) is 14.1 Å². The van der Waals surface area contributed by atoms with Gasteiger partial charge in [0.1, 0.15) is 0 Å². The Balaban J connectivity index is 2.44. The number of aryl methyl sites for hydroxylation is 1. The first kappa shape index (κ1) is 17.5. The highest BCUT2D eigenvalue weighted by Gasteiger charge is 2.24. The smallest absolute Gasteiger partial charge is 0.302 e. The van der Waals surface area contributed by atoms with Gasteiger partial charge in [-0.2, -0.15) is 0 Å². The summed E-state index contributed by atoms with van der Waals surface area (Å²) in [5.41, 5.74) is -0.821. The van der Waals surface area contributed by atoms with Gasteiger partial charge in [0.15, 0.2) is 4.90 Å². The van der Waals surface area contributed by atoms with Gasteiger partial charge in [0, 0.05) is 31.4 Å². The molecule has 0 aliphatic heterocycles. The van der Waals surface area contributed by atoms with Crippen molar-refractivity contribution < 1.29 is 8.42 Å². The normalized spacial score (nSPS) is 13.0. The van der Waals surface area contributed by atoms with E-state index in [-0.39, 0.29) is 0 Å². The maximum atomic E-state index is 12.5. The third kappa shape index (κ3) is 3.54. The minimum Gasteiger partial charge on any atom is -0.302 e. The summed E-state index contributed by atoms with van der Waals surface area (Å²) in [6.07, 6.45) is 1.01. The van der Waals surface area contributed by atoms with Crippen LogP contribution >= 0.6 is 11.6 Å². The second-order valence-corrected chi connectivity index (χ2v) is 7.27. The van der Waals surface area contributed by atoms with E-state index < -0.39 is 32.2 Å². The van der Waals surface area contributed by atoms with E-state index in [1.807, 2.05) is 0 Å². The average Bonchev–Trinajstić information content (AvgIpc) is 2.48. The molecule has 0 amide bonds. The largest absolute Gasteiger partial charge is 0.330 e. The molecular weight excluding hydrogens is 342 g/mol. The fourth-order valence-corrected chi connectivity index (χ4v) is 3.69. The molecule has 0 fully saturated rings. The van der Waals surface area contributed by atoms with Crippen molar-refractivity contribution in [1.82, 2.24) is 13.9 Å². The lowest BCUT2D eigenvalue weighted by molar-refractivity contribution is 0.557. The molecular formula is C14H16ClN3O4S.